The Labute approximate surface area is 129 Å². The first kappa shape index (κ1) is 15.0. The SMILES string of the molecule is CC(=O)c1ccc(NCC23CCN(CC2)CC3)c([N+](=O)[O-])c1. The maximum atomic E-state index is 11.4. The maximum Gasteiger partial charge on any atom is 0.293 e. The monoisotopic (exact) mass is 303 g/mol. The summed E-state index contributed by atoms with van der Waals surface area (Å²) in [5.74, 6) is -0.159. The zero-order valence-corrected chi connectivity index (χ0v) is 12.8. The van der Waals surface area contributed by atoms with Gasteiger partial charge < -0.3 is 10.2 Å². The molecule has 3 fully saturated rings. The van der Waals surface area contributed by atoms with Crippen LogP contribution in [0.4, 0.5) is 11.4 Å². The molecule has 0 amide bonds. The number of carbonyl (C=O) groups is 1. The fourth-order valence-corrected chi connectivity index (χ4v) is 3.50. The third-order valence-corrected chi connectivity index (χ3v) is 5.13. The molecule has 0 saturated carbocycles. The molecule has 1 aromatic carbocycles. The molecule has 22 heavy (non-hydrogen) atoms. The highest BCUT2D eigenvalue weighted by Gasteiger charge is 2.39. The smallest absolute Gasteiger partial charge is 0.293 e. The van der Waals surface area contributed by atoms with E-state index in [1.165, 1.54) is 13.0 Å². The Balaban J connectivity index is 1.77. The number of hydrogen-bond acceptors (Lipinski definition) is 5. The number of rotatable bonds is 5. The number of nitrogens with one attached hydrogen (secondary N) is 1. The van der Waals surface area contributed by atoms with Crippen LogP contribution in [0.1, 0.15) is 36.5 Å². The summed E-state index contributed by atoms with van der Waals surface area (Å²) in [6.45, 7) is 5.58. The highest BCUT2D eigenvalue weighted by atomic mass is 16.6. The van der Waals surface area contributed by atoms with Gasteiger partial charge in [0.05, 0.1) is 4.92 Å². The number of nitrogens with zero attached hydrogens (tertiary/aromatic N) is 2. The lowest BCUT2D eigenvalue weighted by molar-refractivity contribution is -0.384. The molecule has 0 aliphatic carbocycles. The fraction of sp³-hybridized carbons (Fsp3) is 0.562. The highest BCUT2D eigenvalue weighted by Crippen LogP contribution is 2.40. The third kappa shape index (κ3) is 2.83. The zero-order valence-electron chi connectivity index (χ0n) is 12.8. The van der Waals surface area contributed by atoms with Crippen LogP contribution in [0.15, 0.2) is 18.2 Å². The van der Waals surface area contributed by atoms with Gasteiger partial charge in [0.1, 0.15) is 5.69 Å². The molecule has 6 nitrogen and oxygen atoms in total. The number of anilines is 1. The van der Waals surface area contributed by atoms with Crippen molar-refractivity contribution in [2.24, 2.45) is 5.41 Å². The standard InChI is InChI=1S/C16H21N3O3/c1-12(20)13-2-3-14(15(10-13)19(21)22)17-11-16-4-7-18(8-5-16)9-6-16/h2-3,10,17H,4-9,11H2,1H3. The largest absolute Gasteiger partial charge is 0.379 e. The fourth-order valence-electron chi connectivity index (χ4n) is 3.50. The number of nitro groups is 1. The van der Waals surface area contributed by atoms with Crippen molar-refractivity contribution in [3.8, 4) is 0 Å². The Bertz CT molecular complexity index is 593. The van der Waals surface area contributed by atoms with Gasteiger partial charge in [0.25, 0.3) is 5.69 Å². The molecule has 4 rings (SSSR count). The Kier molecular flexibility index (Phi) is 3.87. The number of carbonyl (C=O) groups excluding carboxylic acids is 1. The minimum Gasteiger partial charge on any atom is -0.379 e. The van der Waals surface area contributed by atoms with E-state index in [-0.39, 0.29) is 16.9 Å². The molecule has 0 aromatic heterocycles. The van der Waals surface area contributed by atoms with Crippen LogP contribution in [-0.4, -0.2) is 41.8 Å². The number of fused-ring (bicyclic) bond motifs is 3. The van der Waals surface area contributed by atoms with Crippen LogP contribution in [-0.2, 0) is 0 Å². The first-order valence-electron chi connectivity index (χ1n) is 7.75. The summed E-state index contributed by atoms with van der Waals surface area (Å²) in [6, 6.07) is 4.67. The number of ketones is 1. The number of Topliss-reactive ketones (excluding diaryl/α,β-unsaturated/α-hetero) is 1. The summed E-state index contributed by atoms with van der Waals surface area (Å²) in [5, 5.41) is 14.5. The summed E-state index contributed by atoms with van der Waals surface area (Å²) in [7, 11) is 0. The first-order valence-corrected chi connectivity index (χ1v) is 7.75. The van der Waals surface area contributed by atoms with E-state index in [9.17, 15) is 14.9 Å². The van der Waals surface area contributed by atoms with Gasteiger partial charge in [-0.3, -0.25) is 14.9 Å². The third-order valence-electron chi connectivity index (χ3n) is 5.13. The molecule has 1 aromatic rings. The van der Waals surface area contributed by atoms with Crippen LogP contribution < -0.4 is 5.32 Å². The normalized spacial score (nSPS) is 26.7. The van der Waals surface area contributed by atoms with Crippen LogP contribution >= 0.6 is 0 Å². The van der Waals surface area contributed by atoms with Crippen LogP contribution in [0.3, 0.4) is 0 Å². The quantitative estimate of drug-likeness (QED) is 0.514. The first-order chi connectivity index (χ1) is 10.5. The van der Waals surface area contributed by atoms with Crippen molar-refractivity contribution in [3.63, 3.8) is 0 Å². The van der Waals surface area contributed by atoms with E-state index in [0.717, 1.165) is 45.4 Å². The molecular weight excluding hydrogens is 282 g/mol. The Morgan fingerprint density at radius 1 is 1.32 bits per heavy atom. The van der Waals surface area contributed by atoms with Gasteiger partial charge in [-0.15, -0.1) is 0 Å². The molecule has 3 aliphatic rings. The van der Waals surface area contributed by atoms with Crippen molar-refractivity contribution >= 4 is 17.2 Å². The van der Waals surface area contributed by atoms with Gasteiger partial charge in [-0.25, -0.2) is 0 Å². The zero-order chi connectivity index (χ0) is 15.7. The molecule has 0 atom stereocenters. The Morgan fingerprint density at radius 3 is 2.50 bits per heavy atom. The van der Waals surface area contributed by atoms with Crippen LogP contribution in [0.5, 0.6) is 0 Å². The number of nitro benzene ring substituents is 1. The van der Waals surface area contributed by atoms with Crippen LogP contribution in [0.25, 0.3) is 0 Å². The predicted molar refractivity (Wildman–Crippen MR) is 84.3 cm³/mol. The van der Waals surface area contributed by atoms with E-state index in [4.69, 9.17) is 0 Å². The van der Waals surface area contributed by atoms with Crippen molar-refractivity contribution in [3.05, 3.63) is 33.9 Å². The van der Waals surface area contributed by atoms with E-state index in [1.54, 1.807) is 12.1 Å². The van der Waals surface area contributed by atoms with Crippen molar-refractivity contribution in [1.82, 2.24) is 4.90 Å². The van der Waals surface area contributed by atoms with Gasteiger partial charge in [-0.05, 0) is 63.4 Å². The van der Waals surface area contributed by atoms with Crippen molar-refractivity contribution < 1.29 is 9.72 Å². The summed E-state index contributed by atoms with van der Waals surface area (Å²) >= 11 is 0. The Hall–Kier alpha value is -1.95. The molecule has 1 N–H and O–H groups in total. The lowest BCUT2D eigenvalue weighted by atomic mass is 9.72. The van der Waals surface area contributed by atoms with E-state index >= 15 is 0 Å². The second-order valence-corrected chi connectivity index (χ2v) is 6.49. The van der Waals surface area contributed by atoms with E-state index < -0.39 is 4.92 Å². The maximum absolute atomic E-state index is 11.4. The summed E-state index contributed by atoms with van der Waals surface area (Å²) in [6.07, 6.45) is 3.46. The average molecular weight is 303 g/mol. The van der Waals surface area contributed by atoms with Gasteiger partial charge in [0.2, 0.25) is 0 Å². The molecule has 118 valence electrons. The lowest BCUT2D eigenvalue weighted by Gasteiger charge is -2.48. The Morgan fingerprint density at radius 2 is 1.95 bits per heavy atom. The van der Waals surface area contributed by atoms with E-state index in [2.05, 4.69) is 10.2 Å². The summed E-state index contributed by atoms with van der Waals surface area (Å²) in [4.78, 5) is 24.7. The van der Waals surface area contributed by atoms with Crippen molar-refractivity contribution in [2.45, 2.75) is 26.2 Å². The lowest BCUT2D eigenvalue weighted by Crippen LogP contribution is -2.50. The van der Waals surface area contributed by atoms with Gasteiger partial charge in [-0.1, -0.05) is 0 Å². The minimum atomic E-state index is -0.421. The van der Waals surface area contributed by atoms with Crippen LogP contribution in [0, 0.1) is 15.5 Å². The second kappa shape index (κ2) is 5.68. The van der Waals surface area contributed by atoms with Crippen LogP contribution in [0.2, 0.25) is 0 Å². The number of hydrogen-bond donors (Lipinski definition) is 1. The topological polar surface area (TPSA) is 75.5 Å². The minimum absolute atomic E-state index is 0.0163. The van der Waals surface area contributed by atoms with Crippen molar-refractivity contribution in [2.75, 3.05) is 31.5 Å². The predicted octanol–water partition coefficient (Wildman–Crippen LogP) is 2.70. The summed E-state index contributed by atoms with van der Waals surface area (Å²) < 4.78 is 0. The highest BCUT2D eigenvalue weighted by molar-refractivity contribution is 5.95. The molecular formula is C16H21N3O3. The van der Waals surface area contributed by atoms with Gasteiger partial charge in [-0.2, -0.15) is 0 Å². The number of benzene rings is 1. The van der Waals surface area contributed by atoms with Gasteiger partial charge in [0.15, 0.2) is 5.78 Å². The van der Waals surface area contributed by atoms with Gasteiger partial charge in [0, 0.05) is 18.2 Å². The molecule has 0 unspecified atom stereocenters. The molecule has 3 heterocycles. The average Bonchev–Trinajstić information content (AvgIpc) is 2.54. The summed E-state index contributed by atoms with van der Waals surface area (Å²) in [5.41, 5.74) is 1.14. The molecule has 6 heteroatoms. The van der Waals surface area contributed by atoms with Gasteiger partial charge >= 0.3 is 0 Å². The van der Waals surface area contributed by atoms with Crippen molar-refractivity contribution in [1.29, 1.82) is 0 Å². The molecule has 0 radical (unpaired) electrons. The molecule has 3 saturated heterocycles. The van der Waals surface area contributed by atoms with E-state index in [0.29, 0.717) is 11.3 Å². The number of piperidine rings is 3. The van der Waals surface area contributed by atoms with E-state index in [1.807, 2.05) is 0 Å². The molecule has 2 bridgehead atoms. The second-order valence-electron chi connectivity index (χ2n) is 6.49. The molecule has 3 aliphatic heterocycles. The molecule has 0 spiro atoms.